The lowest BCUT2D eigenvalue weighted by Gasteiger charge is -2.03. The molecule has 1 heterocycles. The molecule has 0 unspecified atom stereocenters. The molecule has 0 saturated carbocycles. The fourth-order valence-electron chi connectivity index (χ4n) is 2.69. The monoisotopic (exact) mass is 294 g/mol. The summed E-state index contributed by atoms with van der Waals surface area (Å²) in [6.45, 7) is 0. The van der Waals surface area contributed by atoms with Gasteiger partial charge >= 0.3 is 5.97 Å². The minimum Gasteiger partial charge on any atom is -0.469 e. The van der Waals surface area contributed by atoms with Crippen LogP contribution in [-0.2, 0) is 16.0 Å². The summed E-state index contributed by atoms with van der Waals surface area (Å²) in [7, 11) is 1.42. The zero-order valence-corrected chi connectivity index (χ0v) is 12.5. The van der Waals surface area contributed by atoms with Gasteiger partial charge in [0.25, 0.3) is 0 Å². The molecule has 0 atom stereocenters. The molecular weight excluding hydrogens is 276 g/mol. The van der Waals surface area contributed by atoms with E-state index in [1.54, 1.807) is 0 Å². The Kier molecular flexibility index (Phi) is 4.24. The first kappa shape index (κ1) is 14.4. The number of carbonyl (C=O) groups is 1. The van der Waals surface area contributed by atoms with Crippen molar-refractivity contribution in [2.75, 3.05) is 7.11 Å². The van der Waals surface area contributed by atoms with E-state index >= 15 is 0 Å². The van der Waals surface area contributed by atoms with Crippen molar-refractivity contribution in [1.29, 1.82) is 0 Å². The highest BCUT2D eigenvalue weighted by Crippen LogP contribution is 2.35. The van der Waals surface area contributed by atoms with Crippen LogP contribution in [0.4, 0.5) is 0 Å². The fraction of sp³-hybridized carbons (Fsp3) is 0.211. The summed E-state index contributed by atoms with van der Waals surface area (Å²) >= 11 is 0. The second-order valence-electron chi connectivity index (χ2n) is 5.19. The summed E-state index contributed by atoms with van der Waals surface area (Å²) in [5.74, 6) is 0.744. The van der Waals surface area contributed by atoms with Gasteiger partial charge in [0.2, 0.25) is 0 Å². The van der Waals surface area contributed by atoms with E-state index in [0.717, 1.165) is 27.9 Å². The van der Waals surface area contributed by atoms with Crippen molar-refractivity contribution in [3.8, 4) is 11.1 Å². The number of hydrogen-bond acceptors (Lipinski definition) is 3. The number of ether oxygens (including phenoxy) is 1. The average molecular weight is 294 g/mol. The van der Waals surface area contributed by atoms with Crippen molar-refractivity contribution in [2.45, 2.75) is 19.3 Å². The summed E-state index contributed by atoms with van der Waals surface area (Å²) in [6.07, 6.45) is 1.84. The van der Waals surface area contributed by atoms with E-state index in [9.17, 15) is 4.79 Å². The molecule has 1 aromatic heterocycles. The largest absolute Gasteiger partial charge is 0.469 e. The lowest BCUT2D eigenvalue weighted by Crippen LogP contribution is -2.00. The second kappa shape index (κ2) is 6.48. The normalized spacial score (nSPS) is 10.8. The Morgan fingerprint density at radius 2 is 1.77 bits per heavy atom. The third-order valence-corrected chi connectivity index (χ3v) is 3.74. The van der Waals surface area contributed by atoms with E-state index in [2.05, 4.69) is 18.2 Å². The third kappa shape index (κ3) is 2.89. The zero-order valence-electron chi connectivity index (χ0n) is 12.5. The van der Waals surface area contributed by atoms with Crippen LogP contribution in [-0.4, -0.2) is 13.1 Å². The van der Waals surface area contributed by atoms with Gasteiger partial charge in [0, 0.05) is 23.8 Å². The van der Waals surface area contributed by atoms with Crippen LogP contribution in [0.5, 0.6) is 0 Å². The Bertz CT molecular complexity index is 772. The summed E-state index contributed by atoms with van der Waals surface area (Å²) in [5.41, 5.74) is 3.15. The van der Waals surface area contributed by atoms with Crippen molar-refractivity contribution >= 4 is 16.9 Å². The van der Waals surface area contributed by atoms with Gasteiger partial charge in [0.15, 0.2) is 0 Å². The predicted octanol–water partition coefficient (Wildman–Crippen LogP) is 4.60. The molecule has 0 aliphatic heterocycles. The number of furan rings is 1. The van der Waals surface area contributed by atoms with Crippen LogP contribution < -0.4 is 0 Å². The quantitative estimate of drug-likeness (QED) is 0.646. The zero-order chi connectivity index (χ0) is 15.4. The first-order valence-electron chi connectivity index (χ1n) is 7.42. The average Bonchev–Trinajstić information content (AvgIpc) is 2.93. The second-order valence-corrected chi connectivity index (χ2v) is 5.19. The Morgan fingerprint density at radius 3 is 2.55 bits per heavy atom. The highest BCUT2D eigenvalue weighted by atomic mass is 16.5. The standard InChI is InChI=1S/C19H18O3/c1-21-18(20)13-7-12-17-19(14-8-3-2-4-9-14)15-10-5-6-11-16(15)22-17/h2-6,8-11H,7,12-13H2,1H3. The summed E-state index contributed by atoms with van der Waals surface area (Å²) in [6, 6.07) is 18.3. The Hall–Kier alpha value is -2.55. The first-order chi connectivity index (χ1) is 10.8. The number of para-hydroxylation sites is 1. The van der Waals surface area contributed by atoms with Crippen LogP contribution in [0.1, 0.15) is 18.6 Å². The molecule has 3 nitrogen and oxygen atoms in total. The van der Waals surface area contributed by atoms with Crippen molar-refractivity contribution in [1.82, 2.24) is 0 Å². The first-order valence-corrected chi connectivity index (χ1v) is 7.42. The lowest BCUT2D eigenvalue weighted by atomic mass is 10.00. The Labute approximate surface area is 129 Å². The smallest absolute Gasteiger partial charge is 0.305 e. The minimum absolute atomic E-state index is 0.183. The molecule has 0 aliphatic carbocycles. The summed E-state index contributed by atoms with van der Waals surface area (Å²) in [5, 5.41) is 1.11. The molecule has 22 heavy (non-hydrogen) atoms. The number of carbonyl (C=O) groups excluding carboxylic acids is 1. The van der Waals surface area contributed by atoms with Gasteiger partial charge in [-0.15, -0.1) is 0 Å². The van der Waals surface area contributed by atoms with Crippen LogP contribution in [0.2, 0.25) is 0 Å². The van der Waals surface area contributed by atoms with E-state index in [1.807, 2.05) is 36.4 Å². The van der Waals surface area contributed by atoms with Crippen molar-refractivity contribution in [3.63, 3.8) is 0 Å². The molecule has 3 rings (SSSR count). The highest BCUT2D eigenvalue weighted by Gasteiger charge is 2.15. The molecule has 0 bridgehead atoms. The van der Waals surface area contributed by atoms with E-state index in [0.29, 0.717) is 19.3 Å². The van der Waals surface area contributed by atoms with Crippen molar-refractivity contribution < 1.29 is 13.9 Å². The maximum atomic E-state index is 11.3. The van der Waals surface area contributed by atoms with Gasteiger partial charge in [-0.3, -0.25) is 4.79 Å². The fourth-order valence-corrected chi connectivity index (χ4v) is 2.69. The van der Waals surface area contributed by atoms with Gasteiger partial charge in [-0.1, -0.05) is 48.5 Å². The number of benzene rings is 2. The number of rotatable bonds is 5. The molecule has 0 aliphatic rings. The molecule has 0 radical (unpaired) electrons. The number of fused-ring (bicyclic) bond motifs is 1. The maximum Gasteiger partial charge on any atom is 0.305 e. The highest BCUT2D eigenvalue weighted by molar-refractivity contribution is 5.95. The molecule has 0 fully saturated rings. The SMILES string of the molecule is COC(=O)CCCc1oc2ccccc2c1-c1ccccc1. The van der Waals surface area contributed by atoms with Crippen LogP contribution in [0, 0.1) is 0 Å². The predicted molar refractivity (Wildman–Crippen MR) is 86.6 cm³/mol. The number of hydrogen-bond donors (Lipinski definition) is 0. The number of esters is 1. The summed E-state index contributed by atoms with van der Waals surface area (Å²) in [4.78, 5) is 11.3. The third-order valence-electron chi connectivity index (χ3n) is 3.74. The van der Waals surface area contributed by atoms with Crippen molar-refractivity contribution in [2.24, 2.45) is 0 Å². The van der Waals surface area contributed by atoms with Crippen LogP contribution in [0.3, 0.4) is 0 Å². The van der Waals surface area contributed by atoms with Crippen LogP contribution >= 0.6 is 0 Å². The van der Waals surface area contributed by atoms with Gasteiger partial charge in [0.1, 0.15) is 11.3 Å². The number of methoxy groups -OCH3 is 1. The maximum absolute atomic E-state index is 11.3. The Morgan fingerprint density at radius 1 is 1.05 bits per heavy atom. The van der Waals surface area contributed by atoms with E-state index in [-0.39, 0.29) is 5.97 Å². The topological polar surface area (TPSA) is 39.4 Å². The van der Waals surface area contributed by atoms with Crippen LogP contribution in [0.15, 0.2) is 59.0 Å². The van der Waals surface area contributed by atoms with E-state index in [1.165, 1.54) is 7.11 Å². The molecule has 3 aromatic rings. The molecule has 0 saturated heterocycles. The molecule has 0 spiro atoms. The molecular formula is C19H18O3. The minimum atomic E-state index is -0.183. The lowest BCUT2D eigenvalue weighted by molar-refractivity contribution is -0.140. The molecule has 2 aromatic carbocycles. The van der Waals surface area contributed by atoms with Crippen molar-refractivity contribution in [3.05, 3.63) is 60.4 Å². The summed E-state index contributed by atoms with van der Waals surface area (Å²) < 4.78 is 10.7. The van der Waals surface area contributed by atoms with Gasteiger partial charge in [-0.05, 0) is 18.1 Å². The van der Waals surface area contributed by atoms with E-state index < -0.39 is 0 Å². The van der Waals surface area contributed by atoms with Gasteiger partial charge < -0.3 is 9.15 Å². The molecule has 112 valence electrons. The molecule has 0 N–H and O–H groups in total. The molecule has 3 heteroatoms. The van der Waals surface area contributed by atoms with Gasteiger partial charge in [-0.2, -0.15) is 0 Å². The van der Waals surface area contributed by atoms with Gasteiger partial charge in [0.05, 0.1) is 7.11 Å². The van der Waals surface area contributed by atoms with Crippen LogP contribution in [0.25, 0.3) is 22.1 Å². The Balaban J connectivity index is 1.97. The van der Waals surface area contributed by atoms with Gasteiger partial charge in [-0.25, -0.2) is 0 Å². The molecule has 0 amide bonds. The van der Waals surface area contributed by atoms with E-state index in [4.69, 9.17) is 9.15 Å². The number of aryl methyl sites for hydroxylation is 1.